The second kappa shape index (κ2) is 4.20. The maximum Gasteiger partial charge on any atom is 0.226 e. The summed E-state index contributed by atoms with van der Waals surface area (Å²) < 4.78 is 0. The minimum atomic E-state index is 0.0121. The fraction of sp³-hybridized carbons (Fsp3) is 0.417. The molecule has 1 unspecified atom stereocenters. The second-order valence-electron chi connectivity index (χ2n) is 4.77. The van der Waals surface area contributed by atoms with Crippen LogP contribution < -0.4 is 5.32 Å². The lowest BCUT2D eigenvalue weighted by molar-refractivity contribution is -0.116. The Morgan fingerprint density at radius 3 is 3.06 bits per heavy atom. The van der Waals surface area contributed by atoms with Crippen LogP contribution in [0.15, 0.2) is 11.6 Å². The molecule has 0 radical (unpaired) electrons. The van der Waals surface area contributed by atoms with Crippen molar-refractivity contribution in [3.63, 3.8) is 0 Å². The number of hydrogen-bond donors (Lipinski definition) is 2. The number of fused-ring (bicyclic) bond motifs is 1. The molecule has 0 fully saturated rings. The third kappa shape index (κ3) is 1.82. The molecule has 0 spiro atoms. The molecular formula is C12H14N4OS. The van der Waals surface area contributed by atoms with E-state index in [1.165, 1.54) is 0 Å². The van der Waals surface area contributed by atoms with Gasteiger partial charge in [0.05, 0.1) is 11.9 Å². The molecule has 2 N–H and O–H groups in total. The van der Waals surface area contributed by atoms with Gasteiger partial charge in [0.2, 0.25) is 5.91 Å². The highest BCUT2D eigenvalue weighted by molar-refractivity contribution is 7.09. The van der Waals surface area contributed by atoms with Crippen LogP contribution in [0.5, 0.6) is 0 Å². The molecule has 2 aromatic rings. The van der Waals surface area contributed by atoms with Crippen molar-refractivity contribution in [1.29, 1.82) is 0 Å². The molecule has 6 heteroatoms. The highest BCUT2D eigenvalue weighted by Gasteiger charge is 2.30. The number of aromatic nitrogens is 3. The van der Waals surface area contributed by atoms with E-state index in [2.05, 4.69) is 39.7 Å². The maximum absolute atomic E-state index is 11.7. The summed E-state index contributed by atoms with van der Waals surface area (Å²) in [6.45, 7) is 4.24. The summed E-state index contributed by atoms with van der Waals surface area (Å²) in [6.07, 6.45) is 2.22. The monoisotopic (exact) mass is 262 g/mol. The number of carbonyl (C=O) groups excluding carboxylic acids is 1. The third-order valence-electron chi connectivity index (χ3n) is 3.13. The predicted molar refractivity (Wildman–Crippen MR) is 69.9 cm³/mol. The first kappa shape index (κ1) is 11.4. The molecule has 3 rings (SSSR count). The van der Waals surface area contributed by atoms with Crippen molar-refractivity contribution in [2.75, 3.05) is 5.32 Å². The topological polar surface area (TPSA) is 70.7 Å². The van der Waals surface area contributed by atoms with Crippen molar-refractivity contribution in [2.24, 2.45) is 0 Å². The maximum atomic E-state index is 11.7. The van der Waals surface area contributed by atoms with Crippen molar-refractivity contribution in [2.45, 2.75) is 32.1 Å². The zero-order valence-electron chi connectivity index (χ0n) is 10.2. The number of nitrogens with zero attached hydrogens (tertiary/aromatic N) is 2. The Hall–Kier alpha value is -1.69. The van der Waals surface area contributed by atoms with E-state index in [9.17, 15) is 4.79 Å². The number of H-pyrrole nitrogens is 1. The molecule has 0 aromatic carbocycles. The molecule has 1 atom stereocenters. The first-order valence-corrected chi connectivity index (χ1v) is 6.81. The van der Waals surface area contributed by atoms with E-state index < -0.39 is 0 Å². The minimum absolute atomic E-state index is 0.0121. The standard InChI is InChI=1S/C12H14N4OS/c1-6(2)9-5-18-12(14-9)7-3-10(17)15-11-8(7)4-13-16-11/h4-7H,3H2,1-2H3,(H2,13,15,16,17). The number of rotatable bonds is 2. The Labute approximate surface area is 109 Å². The lowest BCUT2D eigenvalue weighted by Gasteiger charge is -2.19. The molecule has 1 aliphatic rings. The largest absolute Gasteiger partial charge is 0.311 e. The minimum Gasteiger partial charge on any atom is -0.311 e. The van der Waals surface area contributed by atoms with Crippen molar-refractivity contribution in [3.8, 4) is 0 Å². The van der Waals surface area contributed by atoms with Crippen LogP contribution in [0.2, 0.25) is 0 Å². The zero-order chi connectivity index (χ0) is 12.7. The number of aromatic amines is 1. The predicted octanol–water partition coefficient (Wildman–Crippen LogP) is 2.46. The number of nitrogens with one attached hydrogen (secondary N) is 2. The van der Waals surface area contributed by atoms with E-state index in [0.717, 1.165) is 16.3 Å². The van der Waals surface area contributed by atoms with Crippen molar-refractivity contribution < 1.29 is 4.79 Å². The summed E-state index contributed by atoms with van der Waals surface area (Å²) in [4.78, 5) is 16.3. The van der Waals surface area contributed by atoms with Crippen molar-refractivity contribution in [3.05, 3.63) is 27.8 Å². The summed E-state index contributed by atoms with van der Waals surface area (Å²) in [7, 11) is 0. The molecule has 3 heterocycles. The number of amides is 1. The second-order valence-corrected chi connectivity index (χ2v) is 5.66. The molecule has 0 saturated heterocycles. The fourth-order valence-electron chi connectivity index (χ4n) is 2.09. The highest BCUT2D eigenvalue weighted by Crippen LogP contribution is 2.37. The Bertz CT molecular complexity index is 586. The fourth-order valence-corrected chi connectivity index (χ4v) is 3.19. The van der Waals surface area contributed by atoms with E-state index in [1.807, 2.05) is 0 Å². The lowest BCUT2D eigenvalue weighted by atomic mass is 9.95. The van der Waals surface area contributed by atoms with Crippen LogP contribution in [-0.2, 0) is 4.79 Å². The molecule has 94 valence electrons. The van der Waals surface area contributed by atoms with E-state index in [-0.39, 0.29) is 11.8 Å². The smallest absolute Gasteiger partial charge is 0.226 e. The average molecular weight is 262 g/mol. The molecule has 5 nitrogen and oxygen atoms in total. The van der Waals surface area contributed by atoms with E-state index >= 15 is 0 Å². The molecule has 1 amide bonds. The Balaban J connectivity index is 1.99. The Morgan fingerprint density at radius 2 is 2.33 bits per heavy atom. The van der Waals surface area contributed by atoms with Gasteiger partial charge >= 0.3 is 0 Å². The number of anilines is 1. The number of thiazole rings is 1. The molecule has 2 aromatic heterocycles. The van der Waals surface area contributed by atoms with Gasteiger partial charge in [-0.1, -0.05) is 13.8 Å². The lowest BCUT2D eigenvalue weighted by Crippen LogP contribution is -2.22. The van der Waals surface area contributed by atoms with Gasteiger partial charge in [0.15, 0.2) is 0 Å². The first-order chi connectivity index (χ1) is 8.65. The number of carbonyl (C=O) groups is 1. The Morgan fingerprint density at radius 1 is 1.50 bits per heavy atom. The Kier molecular flexibility index (Phi) is 2.66. The van der Waals surface area contributed by atoms with Gasteiger partial charge in [-0.3, -0.25) is 9.89 Å². The van der Waals surface area contributed by atoms with Gasteiger partial charge in [-0.25, -0.2) is 4.98 Å². The average Bonchev–Trinajstić information content (AvgIpc) is 2.95. The molecule has 1 aliphatic heterocycles. The number of hydrogen-bond acceptors (Lipinski definition) is 4. The summed E-state index contributed by atoms with van der Waals surface area (Å²) in [6, 6.07) is 0. The van der Waals surface area contributed by atoms with Gasteiger partial charge < -0.3 is 5.32 Å². The summed E-state index contributed by atoms with van der Waals surface area (Å²) in [5.41, 5.74) is 2.12. The zero-order valence-corrected chi connectivity index (χ0v) is 11.0. The first-order valence-electron chi connectivity index (χ1n) is 5.93. The van der Waals surface area contributed by atoms with Crippen LogP contribution in [0.3, 0.4) is 0 Å². The van der Waals surface area contributed by atoms with Crippen LogP contribution in [0.4, 0.5) is 5.82 Å². The highest BCUT2D eigenvalue weighted by atomic mass is 32.1. The normalized spacial score (nSPS) is 18.8. The van der Waals surface area contributed by atoms with Gasteiger partial charge in [0.1, 0.15) is 10.8 Å². The van der Waals surface area contributed by atoms with Gasteiger partial charge in [0.25, 0.3) is 0 Å². The molecule has 0 saturated carbocycles. The van der Waals surface area contributed by atoms with Gasteiger partial charge in [0, 0.05) is 23.3 Å². The van der Waals surface area contributed by atoms with Crippen LogP contribution in [0.25, 0.3) is 0 Å². The SMILES string of the molecule is CC(C)c1csc(C2CC(=O)Nc3[nH]ncc32)n1. The van der Waals surface area contributed by atoms with Crippen LogP contribution in [0.1, 0.15) is 48.4 Å². The van der Waals surface area contributed by atoms with Crippen molar-refractivity contribution >= 4 is 23.1 Å². The van der Waals surface area contributed by atoms with Crippen LogP contribution in [0, 0.1) is 0 Å². The quantitative estimate of drug-likeness (QED) is 0.873. The van der Waals surface area contributed by atoms with E-state index in [0.29, 0.717) is 18.2 Å². The van der Waals surface area contributed by atoms with Crippen LogP contribution >= 0.6 is 11.3 Å². The summed E-state index contributed by atoms with van der Waals surface area (Å²) in [5, 5.41) is 12.7. The van der Waals surface area contributed by atoms with E-state index in [4.69, 9.17) is 0 Å². The molecule has 0 bridgehead atoms. The molecular weight excluding hydrogens is 248 g/mol. The van der Waals surface area contributed by atoms with Gasteiger partial charge in [-0.05, 0) is 5.92 Å². The summed E-state index contributed by atoms with van der Waals surface area (Å²) in [5.74, 6) is 1.16. The van der Waals surface area contributed by atoms with E-state index in [1.54, 1.807) is 17.5 Å². The van der Waals surface area contributed by atoms with Gasteiger partial charge in [-0.2, -0.15) is 5.10 Å². The molecule has 0 aliphatic carbocycles. The van der Waals surface area contributed by atoms with Gasteiger partial charge in [-0.15, -0.1) is 11.3 Å². The summed E-state index contributed by atoms with van der Waals surface area (Å²) >= 11 is 1.62. The van der Waals surface area contributed by atoms with Crippen LogP contribution in [-0.4, -0.2) is 21.1 Å². The third-order valence-corrected chi connectivity index (χ3v) is 4.10. The molecule has 18 heavy (non-hydrogen) atoms. The van der Waals surface area contributed by atoms with Crippen molar-refractivity contribution in [1.82, 2.24) is 15.2 Å².